The molecule has 88 valence electrons. The van der Waals surface area contributed by atoms with Crippen molar-refractivity contribution in [1.82, 2.24) is 19.7 Å². The highest BCUT2D eigenvalue weighted by atomic mass is 35.5. The fourth-order valence-electron chi connectivity index (χ4n) is 1.76. The molecule has 2 heterocycles. The summed E-state index contributed by atoms with van der Waals surface area (Å²) in [7, 11) is 0. The van der Waals surface area contributed by atoms with Crippen molar-refractivity contribution in [1.29, 1.82) is 0 Å². The average molecular weight is 257 g/mol. The van der Waals surface area contributed by atoms with Gasteiger partial charge in [0.15, 0.2) is 5.82 Å². The molecule has 2 aromatic heterocycles. The minimum atomic E-state index is 0.660. The highest BCUT2D eigenvalue weighted by Crippen LogP contribution is 2.24. The molecule has 18 heavy (non-hydrogen) atoms. The summed E-state index contributed by atoms with van der Waals surface area (Å²) >= 11 is 6.19. The zero-order chi connectivity index (χ0) is 12.4. The Kier molecular flexibility index (Phi) is 2.78. The molecule has 0 saturated heterocycles. The largest absolute Gasteiger partial charge is 0.280 e. The van der Waals surface area contributed by atoms with E-state index in [1.165, 1.54) is 0 Å². The van der Waals surface area contributed by atoms with Crippen LogP contribution >= 0.6 is 11.6 Å². The van der Waals surface area contributed by atoms with Gasteiger partial charge in [-0.2, -0.15) is 0 Å². The van der Waals surface area contributed by atoms with Gasteiger partial charge in [0, 0.05) is 18.0 Å². The van der Waals surface area contributed by atoms with Crippen LogP contribution in [0.4, 0.5) is 0 Å². The van der Waals surface area contributed by atoms with E-state index in [1.54, 1.807) is 18.7 Å². The van der Waals surface area contributed by atoms with Crippen LogP contribution in [0.2, 0.25) is 5.02 Å². The smallest absolute Gasteiger partial charge is 0.168 e. The van der Waals surface area contributed by atoms with Gasteiger partial charge < -0.3 is 0 Å². The van der Waals surface area contributed by atoms with Gasteiger partial charge in [0.1, 0.15) is 6.33 Å². The van der Waals surface area contributed by atoms with Crippen LogP contribution < -0.4 is 0 Å². The lowest BCUT2D eigenvalue weighted by Crippen LogP contribution is -1.96. The molecule has 0 aliphatic heterocycles. The standard InChI is InChI=1S/C13H9ClN4/c14-11-3-1-2-4-12(11)18-9-16-17-13(18)10-5-7-15-8-6-10/h1-9H. The van der Waals surface area contributed by atoms with Gasteiger partial charge in [-0.15, -0.1) is 10.2 Å². The Labute approximate surface area is 109 Å². The van der Waals surface area contributed by atoms with Crippen molar-refractivity contribution >= 4 is 11.6 Å². The van der Waals surface area contributed by atoms with E-state index < -0.39 is 0 Å². The minimum Gasteiger partial charge on any atom is -0.280 e. The molecular formula is C13H9ClN4. The first-order valence-corrected chi connectivity index (χ1v) is 5.79. The van der Waals surface area contributed by atoms with Crippen LogP contribution in [-0.2, 0) is 0 Å². The van der Waals surface area contributed by atoms with Gasteiger partial charge in [0.25, 0.3) is 0 Å². The highest BCUT2D eigenvalue weighted by molar-refractivity contribution is 6.32. The maximum absolute atomic E-state index is 6.19. The summed E-state index contributed by atoms with van der Waals surface area (Å²) in [5.74, 6) is 0.741. The number of nitrogens with zero attached hydrogens (tertiary/aromatic N) is 4. The van der Waals surface area contributed by atoms with Gasteiger partial charge in [0.2, 0.25) is 0 Å². The third-order valence-corrected chi connectivity index (χ3v) is 2.92. The van der Waals surface area contributed by atoms with E-state index in [-0.39, 0.29) is 0 Å². The average Bonchev–Trinajstić information content (AvgIpc) is 2.89. The summed E-state index contributed by atoms with van der Waals surface area (Å²) in [6, 6.07) is 11.4. The number of para-hydroxylation sites is 1. The highest BCUT2D eigenvalue weighted by Gasteiger charge is 2.10. The van der Waals surface area contributed by atoms with Gasteiger partial charge in [-0.3, -0.25) is 9.55 Å². The molecule has 3 aromatic rings. The lowest BCUT2D eigenvalue weighted by molar-refractivity contribution is 1.06. The Hall–Kier alpha value is -2.20. The lowest BCUT2D eigenvalue weighted by Gasteiger charge is -2.07. The van der Waals surface area contributed by atoms with Crippen LogP contribution in [0, 0.1) is 0 Å². The number of hydrogen-bond acceptors (Lipinski definition) is 3. The summed E-state index contributed by atoms with van der Waals surface area (Å²) < 4.78 is 1.86. The topological polar surface area (TPSA) is 43.6 Å². The van der Waals surface area contributed by atoms with Crippen molar-refractivity contribution in [3.8, 4) is 17.1 Å². The van der Waals surface area contributed by atoms with Crippen molar-refractivity contribution in [2.75, 3.05) is 0 Å². The lowest BCUT2D eigenvalue weighted by atomic mass is 10.2. The quantitative estimate of drug-likeness (QED) is 0.708. The van der Waals surface area contributed by atoms with E-state index in [0.29, 0.717) is 5.02 Å². The third-order valence-electron chi connectivity index (χ3n) is 2.60. The predicted octanol–water partition coefficient (Wildman–Crippen LogP) is 2.98. The van der Waals surface area contributed by atoms with E-state index in [9.17, 15) is 0 Å². The molecule has 1 aromatic carbocycles. The van der Waals surface area contributed by atoms with Crippen LogP contribution in [0.3, 0.4) is 0 Å². The Morgan fingerprint density at radius 1 is 1.00 bits per heavy atom. The van der Waals surface area contributed by atoms with Gasteiger partial charge >= 0.3 is 0 Å². The van der Waals surface area contributed by atoms with Crippen molar-refractivity contribution in [2.24, 2.45) is 0 Å². The first kappa shape index (κ1) is 10.9. The second-order valence-corrected chi connectivity index (χ2v) is 4.12. The Bertz CT molecular complexity index is 664. The van der Waals surface area contributed by atoms with Crippen LogP contribution in [0.25, 0.3) is 17.1 Å². The molecule has 0 amide bonds. The molecule has 0 bridgehead atoms. The summed E-state index contributed by atoms with van der Waals surface area (Å²) in [6.07, 6.45) is 5.10. The van der Waals surface area contributed by atoms with Crippen molar-refractivity contribution in [2.45, 2.75) is 0 Å². The zero-order valence-corrected chi connectivity index (χ0v) is 10.1. The van der Waals surface area contributed by atoms with E-state index >= 15 is 0 Å². The summed E-state index contributed by atoms with van der Waals surface area (Å²) in [6.45, 7) is 0. The number of rotatable bonds is 2. The van der Waals surface area contributed by atoms with E-state index in [2.05, 4.69) is 15.2 Å². The molecule has 5 heteroatoms. The molecule has 0 saturated carbocycles. The van der Waals surface area contributed by atoms with Gasteiger partial charge in [-0.25, -0.2) is 0 Å². The number of hydrogen-bond donors (Lipinski definition) is 0. The molecular weight excluding hydrogens is 248 g/mol. The molecule has 0 radical (unpaired) electrons. The second kappa shape index (κ2) is 4.58. The van der Waals surface area contributed by atoms with Gasteiger partial charge in [0.05, 0.1) is 10.7 Å². The minimum absolute atomic E-state index is 0.660. The maximum atomic E-state index is 6.19. The number of halogens is 1. The number of pyridine rings is 1. The maximum Gasteiger partial charge on any atom is 0.168 e. The molecule has 0 aliphatic rings. The van der Waals surface area contributed by atoms with E-state index in [0.717, 1.165) is 17.1 Å². The van der Waals surface area contributed by atoms with Crippen LogP contribution in [0.15, 0.2) is 55.1 Å². The number of aromatic nitrogens is 4. The summed E-state index contributed by atoms with van der Waals surface area (Å²) in [4.78, 5) is 3.99. The van der Waals surface area contributed by atoms with Crippen molar-refractivity contribution < 1.29 is 0 Å². The molecule has 0 fully saturated rings. The normalized spacial score (nSPS) is 10.5. The van der Waals surface area contributed by atoms with Gasteiger partial charge in [-0.05, 0) is 24.3 Å². The number of benzene rings is 1. The van der Waals surface area contributed by atoms with Gasteiger partial charge in [-0.1, -0.05) is 23.7 Å². The summed E-state index contributed by atoms with van der Waals surface area (Å²) in [5.41, 5.74) is 1.80. The van der Waals surface area contributed by atoms with E-state index in [4.69, 9.17) is 11.6 Å². The predicted molar refractivity (Wildman–Crippen MR) is 69.6 cm³/mol. The first-order chi connectivity index (χ1) is 8.86. The van der Waals surface area contributed by atoms with Crippen molar-refractivity contribution in [3.05, 3.63) is 60.1 Å². The monoisotopic (exact) mass is 256 g/mol. The molecule has 4 nitrogen and oxygen atoms in total. The van der Waals surface area contributed by atoms with E-state index in [1.807, 2.05) is 41.0 Å². The van der Waals surface area contributed by atoms with Crippen molar-refractivity contribution in [3.63, 3.8) is 0 Å². The molecule has 0 aliphatic carbocycles. The third kappa shape index (κ3) is 1.87. The zero-order valence-electron chi connectivity index (χ0n) is 9.36. The first-order valence-electron chi connectivity index (χ1n) is 5.41. The molecule has 0 N–H and O–H groups in total. The fourth-order valence-corrected chi connectivity index (χ4v) is 1.98. The Morgan fingerprint density at radius 3 is 2.56 bits per heavy atom. The fraction of sp³-hybridized carbons (Fsp3) is 0. The molecule has 0 unspecified atom stereocenters. The van der Waals surface area contributed by atoms with Crippen LogP contribution in [0.5, 0.6) is 0 Å². The Balaban J connectivity index is 2.16. The molecule has 0 spiro atoms. The van der Waals surface area contributed by atoms with Crippen LogP contribution in [-0.4, -0.2) is 19.7 Å². The second-order valence-electron chi connectivity index (χ2n) is 3.71. The molecule has 3 rings (SSSR count). The molecule has 0 atom stereocenters. The summed E-state index contributed by atoms with van der Waals surface area (Å²) in [5, 5.41) is 8.74. The SMILES string of the molecule is Clc1ccccc1-n1cnnc1-c1ccncc1. The van der Waals surface area contributed by atoms with Crippen LogP contribution in [0.1, 0.15) is 0 Å². The Morgan fingerprint density at radius 2 is 1.78 bits per heavy atom.